The molecule has 0 rings (SSSR count). The predicted octanol–water partition coefficient (Wildman–Crippen LogP) is 4.66. The molecule has 0 N–H and O–H groups in total. The van der Waals surface area contributed by atoms with Crippen molar-refractivity contribution in [1.82, 2.24) is 0 Å². The maximum absolute atomic E-state index is 2.27. The first-order valence-corrected chi connectivity index (χ1v) is 6.76. The van der Waals surface area contributed by atoms with Crippen molar-refractivity contribution in [2.24, 2.45) is 0 Å². The maximum Gasteiger partial charge on any atom is -0.00676 e. The molecular weight excluding hydrogens is 176 g/mol. The first kappa shape index (κ1) is 13.1. The molecular formula is C12H24S. The van der Waals surface area contributed by atoms with Crippen LogP contribution in [0.2, 0.25) is 0 Å². The first-order valence-electron chi connectivity index (χ1n) is 5.60. The number of thioether (sulfide) groups is 1. The average Bonchev–Trinajstić information content (AvgIpc) is 2.16. The SMILES string of the molecule is CC=CCCCCCCCSCC. The van der Waals surface area contributed by atoms with Gasteiger partial charge in [0.15, 0.2) is 0 Å². The van der Waals surface area contributed by atoms with Crippen molar-refractivity contribution in [3.63, 3.8) is 0 Å². The molecule has 0 amide bonds. The molecule has 78 valence electrons. The second kappa shape index (κ2) is 12.1. The van der Waals surface area contributed by atoms with Crippen LogP contribution in [0.5, 0.6) is 0 Å². The van der Waals surface area contributed by atoms with Crippen LogP contribution < -0.4 is 0 Å². The summed E-state index contributed by atoms with van der Waals surface area (Å²) in [6, 6.07) is 0. The normalized spacial score (nSPS) is 11.2. The van der Waals surface area contributed by atoms with Gasteiger partial charge in [-0.05, 0) is 37.7 Å². The summed E-state index contributed by atoms with van der Waals surface area (Å²) in [6.07, 6.45) is 12.8. The van der Waals surface area contributed by atoms with Crippen molar-refractivity contribution in [2.45, 2.75) is 52.4 Å². The minimum atomic E-state index is 1.28. The van der Waals surface area contributed by atoms with Gasteiger partial charge in [0, 0.05) is 0 Å². The zero-order chi connectivity index (χ0) is 9.78. The summed E-state index contributed by atoms with van der Waals surface area (Å²) >= 11 is 2.07. The van der Waals surface area contributed by atoms with Crippen LogP contribution >= 0.6 is 11.8 Å². The van der Waals surface area contributed by atoms with E-state index in [2.05, 4.69) is 37.8 Å². The first-order chi connectivity index (χ1) is 6.41. The molecule has 0 saturated heterocycles. The molecule has 0 saturated carbocycles. The van der Waals surface area contributed by atoms with Crippen molar-refractivity contribution < 1.29 is 0 Å². The summed E-state index contributed by atoms with van der Waals surface area (Å²) < 4.78 is 0. The van der Waals surface area contributed by atoms with Crippen LogP contribution in [0.15, 0.2) is 12.2 Å². The van der Waals surface area contributed by atoms with Crippen molar-refractivity contribution in [3.8, 4) is 0 Å². The zero-order valence-electron chi connectivity index (χ0n) is 9.22. The van der Waals surface area contributed by atoms with Gasteiger partial charge < -0.3 is 0 Å². The Hall–Kier alpha value is 0.0900. The van der Waals surface area contributed by atoms with Crippen LogP contribution in [0.3, 0.4) is 0 Å². The monoisotopic (exact) mass is 200 g/mol. The number of hydrogen-bond donors (Lipinski definition) is 0. The Morgan fingerprint density at radius 3 is 2.38 bits per heavy atom. The highest BCUT2D eigenvalue weighted by atomic mass is 32.2. The standard InChI is InChI=1S/C12H24S/c1-3-5-6-7-8-9-10-11-12-13-4-2/h3,5H,4,6-12H2,1-2H3. The lowest BCUT2D eigenvalue weighted by molar-refractivity contribution is 0.640. The minimum absolute atomic E-state index is 1.28. The second-order valence-electron chi connectivity index (χ2n) is 3.32. The minimum Gasteiger partial charge on any atom is -0.162 e. The van der Waals surface area contributed by atoms with E-state index >= 15 is 0 Å². The third kappa shape index (κ3) is 12.1. The molecule has 0 aliphatic rings. The molecule has 0 heterocycles. The van der Waals surface area contributed by atoms with Crippen molar-refractivity contribution >= 4 is 11.8 Å². The van der Waals surface area contributed by atoms with Crippen LogP contribution in [0, 0.1) is 0 Å². The summed E-state index contributed by atoms with van der Waals surface area (Å²) in [4.78, 5) is 0. The van der Waals surface area contributed by atoms with Crippen LogP contribution in [0.25, 0.3) is 0 Å². The lowest BCUT2D eigenvalue weighted by atomic mass is 10.1. The molecule has 0 bridgehead atoms. The lowest BCUT2D eigenvalue weighted by Gasteiger charge is -1.99. The van der Waals surface area contributed by atoms with E-state index < -0.39 is 0 Å². The Bertz CT molecular complexity index is 108. The second-order valence-corrected chi connectivity index (χ2v) is 4.72. The molecule has 0 unspecified atom stereocenters. The van der Waals surface area contributed by atoms with Crippen molar-refractivity contribution in [3.05, 3.63) is 12.2 Å². The Morgan fingerprint density at radius 1 is 1.00 bits per heavy atom. The van der Waals surface area contributed by atoms with Gasteiger partial charge in [-0.15, -0.1) is 0 Å². The number of rotatable bonds is 9. The Morgan fingerprint density at radius 2 is 1.69 bits per heavy atom. The predicted molar refractivity (Wildman–Crippen MR) is 65.5 cm³/mol. The fourth-order valence-electron chi connectivity index (χ4n) is 1.31. The van der Waals surface area contributed by atoms with E-state index in [0.717, 1.165) is 0 Å². The molecule has 0 fully saturated rings. The van der Waals surface area contributed by atoms with Crippen LogP contribution in [-0.4, -0.2) is 11.5 Å². The van der Waals surface area contributed by atoms with Gasteiger partial charge in [0.25, 0.3) is 0 Å². The topological polar surface area (TPSA) is 0 Å². The third-order valence-electron chi connectivity index (χ3n) is 2.10. The van der Waals surface area contributed by atoms with E-state index in [1.807, 2.05) is 0 Å². The molecule has 0 nitrogen and oxygen atoms in total. The Kier molecular flexibility index (Phi) is 12.2. The highest BCUT2D eigenvalue weighted by molar-refractivity contribution is 7.99. The van der Waals surface area contributed by atoms with Crippen molar-refractivity contribution in [1.29, 1.82) is 0 Å². The quantitative estimate of drug-likeness (QED) is 0.385. The van der Waals surface area contributed by atoms with Crippen LogP contribution in [0.1, 0.15) is 52.4 Å². The van der Waals surface area contributed by atoms with Gasteiger partial charge in [0.05, 0.1) is 0 Å². The van der Waals surface area contributed by atoms with Gasteiger partial charge >= 0.3 is 0 Å². The molecule has 0 aliphatic heterocycles. The largest absolute Gasteiger partial charge is 0.162 e. The van der Waals surface area contributed by atoms with Gasteiger partial charge in [-0.3, -0.25) is 0 Å². The Labute approximate surface area is 88.2 Å². The molecule has 0 aromatic carbocycles. The molecule has 0 aromatic heterocycles. The lowest BCUT2D eigenvalue weighted by Crippen LogP contribution is -1.82. The van der Waals surface area contributed by atoms with E-state index in [1.165, 1.54) is 50.0 Å². The van der Waals surface area contributed by atoms with Crippen LogP contribution in [-0.2, 0) is 0 Å². The van der Waals surface area contributed by atoms with E-state index in [-0.39, 0.29) is 0 Å². The fourth-order valence-corrected chi connectivity index (χ4v) is 2.00. The van der Waals surface area contributed by atoms with Gasteiger partial charge in [-0.2, -0.15) is 11.8 Å². The summed E-state index contributed by atoms with van der Waals surface area (Å²) in [7, 11) is 0. The molecule has 0 radical (unpaired) electrons. The summed E-state index contributed by atoms with van der Waals surface area (Å²) in [5.74, 6) is 2.65. The zero-order valence-corrected chi connectivity index (χ0v) is 10.0. The Balaban J connectivity index is 2.83. The molecule has 0 aromatic rings. The van der Waals surface area contributed by atoms with Gasteiger partial charge in [-0.1, -0.05) is 38.3 Å². The highest BCUT2D eigenvalue weighted by Gasteiger charge is 1.89. The molecule has 0 spiro atoms. The fraction of sp³-hybridized carbons (Fsp3) is 0.833. The van der Waals surface area contributed by atoms with Crippen molar-refractivity contribution in [2.75, 3.05) is 11.5 Å². The van der Waals surface area contributed by atoms with Gasteiger partial charge in [0.2, 0.25) is 0 Å². The number of unbranched alkanes of at least 4 members (excludes halogenated alkanes) is 5. The molecule has 1 heteroatoms. The van der Waals surface area contributed by atoms with Gasteiger partial charge in [0.1, 0.15) is 0 Å². The average molecular weight is 200 g/mol. The molecule has 0 aliphatic carbocycles. The number of hydrogen-bond acceptors (Lipinski definition) is 1. The van der Waals surface area contributed by atoms with E-state index in [0.29, 0.717) is 0 Å². The number of allylic oxidation sites excluding steroid dienone is 2. The summed E-state index contributed by atoms with van der Waals surface area (Å²) in [5.41, 5.74) is 0. The van der Waals surface area contributed by atoms with Crippen LogP contribution in [0.4, 0.5) is 0 Å². The molecule has 0 atom stereocenters. The van der Waals surface area contributed by atoms with E-state index in [1.54, 1.807) is 0 Å². The summed E-state index contributed by atoms with van der Waals surface area (Å²) in [5, 5.41) is 0. The summed E-state index contributed by atoms with van der Waals surface area (Å²) in [6.45, 7) is 4.34. The third-order valence-corrected chi connectivity index (χ3v) is 3.08. The smallest absolute Gasteiger partial charge is 0.00676 e. The maximum atomic E-state index is 2.27. The highest BCUT2D eigenvalue weighted by Crippen LogP contribution is 2.09. The molecule has 13 heavy (non-hydrogen) atoms. The van der Waals surface area contributed by atoms with E-state index in [4.69, 9.17) is 0 Å². The van der Waals surface area contributed by atoms with E-state index in [9.17, 15) is 0 Å². The van der Waals surface area contributed by atoms with Gasteiger partial charge in [-0.25, -0.2) is 0 Å².